The second-order valence-electron chi connectivity index (χ2n) is 5.17. The van der Waals surface area contributed by atoms with Gasteiger partial charge in [-0.15, -0.1) is 11.6 Å². The normalized spacial score (nSPS) is 26.7. The highest BCUT2D eigenvalue weighted by atomic mass is 35.5. The molecule has 0 amide bonds. The van der Waals surface area contributed by atoms with E-state index in [1.165, 1.54) is 12.8 Å². The Morgan fingerprint density at radius 1 is 1.33 bits per heavy atom. The van der Waals surface area contributed by atoms with Crippen molar-refractivity contribution < 1.29 is 4.74 Å². The first-order valence-corrected chi connectivity index (χ1v) is 7.28. The molecule has 2 aliphatic heterocycles. The largest absolute Gasteiger partial charge is 0.371 e. The fourth-order valence-corrected chi connectivity index (χ4v) is 3.01. The van der Waals surface area contributed by atoms with Crippen LogP contribution in [0.4, 0.5) is 5.82 Å². The maximum atomic E-state index is 5.97. The van der Waals surface area contributed by atoms with Gasteiger partial charge >= 0.3 is 0 Å². The summed E-state index contributed by atoms with van der Waals surface area (Å²) >= 11 is 5.97. The van der Waals surface area contributed by atoms with Crippen molar-refractivity contribution in [1.82, 2.24) is 4.98 Å². The van der Waals surface area contributed by atoms with Gasteiger partial charge < -0.3 is 9.64 Å². The van der Waals surface area contributed by atoms with E-state index in [-0.39, 0.29) is 0 Å². The number of morpholine rings is 1. The van der Waals surface area contributed by atoms with Gasteiger partial charge in [-0.1, -0.05) is 6.92 Å². The van der Waals surface area contributed by atoms with Crippen LogP contribution in [0.3, 0.4) is 0 Å². The van der Waals surface area contributed by atoms with E-state index in [4.69, 9.17) is 21.3 Å². The summed E-state index contributed by atoms with van der Waals surface area (Å²) < 4.78 is 5.87. The molecule has 2 aliphatic rings. The lowest BCUT2D eigenvalue weighted by molar-refractivity contribution is 0.0302. The smallest absolute Gasteiger partial charge is 0.129 e. The van der Waals surface area contributed by atoms with Crippen molar-refractivity contribution in [3.05, 3.63) is 23.4 Å². The van der Waals surface area contributed by atoms with Crippen LogP contribution >= 0.6 is 11.6 Å². The van der Waals surface area contributed by atoms with Crippen molar-refractivity contribution >= 4 is 17.4 Å². The Kier molecular flexibility index (Phi) is 3.44. The van der Waals surface area contributed by atoms with Gasteiger partial charge in [0.15, 0.2) is 0 Å². The number of hydrogen-bond acceptors (Lipinski definition) is 3. The monoisotopic (exact) mass is 266 g/mol. The van der Waals surface area contributed by atoms with Crippen molar-refractivity contribution in [2.45, 2.75) is 44.3 Å². The average molecular weight is 267 g/mol. The molecule has 2 bridgehead atoms. The molecular weight excluding hydrogens is 248 g/mol. The molecule has 0 saturated carbocycles. The van der Waals surface area contributed by atoms with E-state index >= 15 is 0 Å². The Morgan fingerprint density at radius 3 is 2.67 bits per heavy atom. The summed E-state index contributed by atoms with van der Waals surface area (Å²) in [4.78, 5) is 7.09. The second-order valence-corrected chi connectivity index (χ2v) is 5.44. The molecule has 0 aliphatic carbocycles. The van der Waals surface area contributed by atoms with Crippen LogP contribution in [-0.2, 0) is 17.0 Å². The molecule has 0 N–H and O–H groups in total. The molecule has 2 saturated heterocycles. The third kappa shape index (κ3) is 2.34. The predicted molar refractivity (Wildman–Crippen MR) is 73.3 cm³/mol. The maximum Gasteiger partial charge on any atom is 0.129 e. The minimum Gasteiger partial charge on any atom is -0.371 e. The molecule has 3 nitrogen and oxygen atoms in total. The molecule has 18 heavy (non-hydrogen) atoms. The number of halogens is 1. The Labute approximate surface area is 113 Å². The number of nitrogens with zero attached hydrogens (tertiary/aromatic N) is 2. The van der Waals surface area contributed by atoms with E-state index in [0.717, 1.165) is 36.6 Å². The van der Waals surface area contributed by atoms with Gasteiger partial charge in [0.1, 0.15) is 5.82 Å². The standard InChI is InChI=1S/C14H19ClN2O/c1-2-11-5-10(7-15)6-14(16-11)17-8-12-3-4-13(9-17)18-12/h5-6,12-13H,2-4,7-9H2,1H3. The Balaban J connectivity index is 1.86. The van der Waals surface area contributed by atoms with Crippen LogP contribution in [0, 0.1) is 0 Å². The Morgan fingerprint density at radius 2 is 2.06 bits per heavy atom. The minimum atomic E-state index is 0.398. The zero-order valence-electron chi connectivity index (χ0n) is 10.7. The summed E-state index contributed by atoms with van der Waals surface area (Å²) in [7, 11) is 0. The van der Waals surface area contributed by atoms with Crippen LogP contribution in [0.1, 0.15) is 31.0 Å². The number of aromatic nitrogens is 1. The van der Waals surface area contributed by atoms with Crippen molar-refractivity contribution in [3.63, 3.8) is 0 Å². The third-order valence-electron chi connectivity index (χ3n) is 3.81. The molecule has 98 valence electrons. The minimum absolute atomic E-state index is 0.398. The molecule has 2 fully saturated rings. The van der Waals surface area contributed by atoms with Crippen LogP contribution in [-0.4, -0.2) is 30.3 Å². The summed E-state index contributed by atoms with van der Waals surface area (Å²) in [5.74, 6) is 1.63. The molecule has 3 heterocycles. The lowest BCUT2D eigenvalue weighted by Crippen LogP contribution is -2.43. The number of pyridine rings is 1. The van der Waals surface area contributed by atoms with E-state index in [9.17, 15) is 0 Å². The van der Waals surface area contributed by atoms with Crippen LogP contribution < -0.4 is 4.90 Å². The Hall–Kier alpha value is -0.800. The van der Waals surface area contributed by atoms with Gasteiger partial charge in [-0.25, -0.2) is 4.98 Å². The molecule has 0 spiro atoms. The third-order valence-corrected chi connectivity index (χ3v) is 4.12. The topological polar surface area (TPSA) is 25.4 Å². The lowest BCUT2D eigenvalue weighted by Gasteiger charge is -2.33. The highest BCUT2D eigenvalue weighted by Gasteiger charge is 2.34. The van der Waals surface area contributed by atoms with E-state index in [0.29, 0.717) is 18.1 Å². The molecule has 4 heteroatoms. The zero-order chi connectivity index (χ0) is 12.5. The molecule has 1 aromatic rings. The lowest BCUT2D eigenvalue weighted by atomic mass is 10.2. The quantitative estimate of drug-likeness (QED) is 0.787. The van der Waals surface area contributed by atoms with E-state index in [1.54, 1.807) is 0 Å². The molecule has 3 rings (SSSR count). The number of alkyl halides is 1. The van der Waals surface area contributed by atoms with Crippen LogP contribution in [0.2, 0.25) is 0 Å². The highest BCUT2D eigenvalue weighted by Crippen LogP contribution is 2.29. The predicted octanol–water partition coefficient (Wildman–Crippen LogP) is 2.75. The zero-order valence-corrected chi connectivity index (χ0v) is 11.5. The first-order chi connectivity index (χ1) is 8.78. The fraction of sp³-hybridized carbons (Fsp3) is 0.643. The number of ether oxygens (including phenoxy) is 1. The van der Waals surface area contributed by atoms with Crippen molar-refractivity contribution in [2.24, 2.45) is 0 Å². The highest BCUT2D eigenvalue weighted by molar-refractivity contribution is 6.17. The molecule has 0 radical (unpaired) electrons. The molecule has 2 unspecified atom stereocenters. The first kappa shape index (κ1) is 12.2. The van der Waals surface area contributed by atoms with Crippen LogP contribution in [0.5, 0.6) is 0 Å². The second kappa shape index (κ2) is 5.06. The van der Waals surface area contributed by atoms with Gasteiger partial charge in [-0.3, -0.25) is 0 Å². The summed E-state index contributed by atoms with van der Waals surface area (Å²) in [5, 5.41) is 0. The van der Waals surface area contributed by atoms with E-state index in [1.807, 2.05) is 0 Å². The van der Waals surface area contributed by atoms with Gasteiger partial charge in [-0.05, 0) is 37.0 Å². The van der Waals surface area contributed by atoms with Crippen LogP contribution in [0.15, 0.2) is 12.1 Å². The Bertz CT molecular complexity index is 404. The SMILES string of the molecule is CCc1cc(CCl)cc(N2CC3CCC(C2)O3)n1. The first-order valence-electron chi connectivity index (χ1n) is 6.74. The van der Waals surface area contributed by atoms with E-state index < -0.39 is 0 Å². The van der Waals surface area contributed by atoms with Crippen molar-refractivity contribution in [1.29, 1.82) is 0 Å². The average Bonchev–Trinajstić information content (AvgIpc) is 2.76. The van der Waals surface area contributed by atoms with Gasteiger partial charge in [0.2, 0.25) is 0 Å². The molecule has 0 aromatic carbocycles. The number of aryl methyl sites for hydroxylation is 1. The van der Waals surface area contributed by atoms with Crippen LogP contribution in [0.25, 0.3) is 0 Å². The number of anilines is 1. The van der Waals surface area contributed by atoms with Gasteiger partial charge in [0.25, 0.3) is 0 Å². The number of rotatable bonds is 3. The summed E-state index contributed by atoms with van der Waals surface area (Å²) in [6.45, 7) is 4.07. The summed E-state index contributed by atoms with van der Waals surface area (Å²) in [6.07, 6.45) is 4.13. The molecule has 2 atom stereocenters. The van der Waals surface area contributed by atoms with Gasteiger partial charge in [-0.2, -0.15) is 0 Å². The fourth-order valence-electron chi connectivity index (χ4n) is 2.86. The van der Waals surface area contributed by atoms with Gasteiger partial charge in [0.05, 0.1) is 12.2 Å². The maximum absolute atomic E-state index is 5.97. The molecular formula is C14H19ClN2O. The van der Waals surface area contributed by atoms with Crippen molar-refractivity contribution in [3.8, 4) is 0 Å². The van der Waals surface area contributed by atoms with Crippen molar-refractivity contribution in [2.75, 3.05) is 18.0 Å². The van der Waals surface area contributed by atoms with E-state index in [2.05, 4.69) is 24.0 Å². The summed E-state index contributed by atoms with van der Waals surface area (Å²) in [6, 6.07) is 4.22. The summed E-state index contributed by atoms with van der Waals surface area (Å²) in [5.41, 5.74) is 2.29. The number of hydrogen-bond donors (Lipinski definition) is 0. The van der Waals surface area contributed by atoms with Gasteiger partial charge in [0, 0.05) is 24.7 Å². The molecule has 1 aromatic heterocycles. The number of fused-ring (bicyclic) bond motifs is 2.